The SMILES string of the molecule is CCCCCCCCC(=O)OCOC(=O)CCCSCCN1C(=O)CC[C@@H]1C=C[C@@H](O)Cc1ccc(F)cc1. The number of nitrogens with zero attached hydrogens (tertiary/aromatic N) is 1. The lowest BCUT2D eigenvalue weighted by Gasteiger charge is -2.22. The lowest BCUT2D eigenvalue weighted by molar-refractivity contribution is -0.167. The summed E-state index contributed by atoms with van der Waals surface area (Å²) in [6, 6.07) is 6.01. The van der Waals surface area contributed by atoms with E-state index in [1.807, 2.05) is 11.0 Å². The fraction of sp³-hybridized carbons (Fsp3) is 0.633. The quantitative estimate of drug-likeness (QED) is 0.0954. The van der Waals surface area contributed by atoms with Gasteiger partial charge in [0, 0.05) is 38.0 Å². The molecule has 0 unspecified atom stereocenters. The van der Waals surface area contributed by atoms with Gasteiger partial charge in [-0.15, -0.1) is 0 Å². The third-order valence-corrected chi connectivity index (χ3v) is 7.66. The van der Waals surface area contributed by atoms with Gasteiger partial charge in [-0.3, -0.25) is 14.4 Å². The minimum atomic E-state index is -0.703. The molecule has 0 spiro atoms. The van der Waals surface area contributed by atoms with Crippen molar-refractivity contribution >= 4 is 29.6 Å². The first-order valence-corrected chi connectivity index (χ1v) is 15.3. The fourth-order valence-electron chi connectivity index (χ4n) is 4.37. The van der Waals surface area contributed by atoms with E-state index in [9.17, 15) is 23.9 Å². The van der Waals surface area contributed by atoms with Crippen LogP contribution in [0.5, 0.6) is 0 Å². The van der Waals surface area contributed by atoms with Crippen molar-refractivity contribution in [3.8, 4) is 0 Å². The Hall–Kier alpha value is -2.39. The lowest BCUT2D eigenvalue weighted by Crippen LogP contribution is -2.34. The molecule has 2 atom stereocenters. The Bertz CT molecular complexity index is 894. The Labute approximate surface area is 236 Å². The number of carbonyl (C=O) groups is 3. The first-order chi connectivity index (χ1) is 18.9. The number of carbonyl (C=O) groups excluding carboxylic acids is 3. The van der Waals surface area contributed by atoms with Crippen LogP contribution >= 0.6 is 11.8 Å². The number of aliphatic hydroxyl groups excluding tert-OH is 1. The van der Waals surface area contributed by atoms with E-state index >= 15 is 0 Å². The van der Waals surface area contributed by atoms with Gasteiger partial charge in [-0.2, -0.15) is 11.8 Å². The highest BCUT2D eigenvalue weighted by Gasteiger charge is 2.28. The molecule has 1 aromatic carbocycles. The van der Waals surface area contributed by atoms with Crippen LogP contribution in [0.4, 0.5) is 4.39 Å². The highest BCUT2D eigenvalue weighted by molar-refractivity contribution is 7.99. The Morgan fingerprint density at radius 3 is 2.44 bits per heavy atom. The zero-order valence-electron chi connectivity index (χ0n) is 23.2. The maximum Gasteiger partial charge on any atom is 0.308 e. The Balaban J connectivity index is 1.52. The summed E-state index contributed by atoms with van der Waals surface area (Å²) in [5, 5.41) is 10.3. The molecule has 0 radical (unpaired) electrons. The highest BCUT2D eigenvalue weighted by Crippen LogP contribution is 2.21. The highest BCUT2D eigenvalue weighted by atomic mass is 32.2. The molecular weight excluding hydrogens is 521 g/mol. The summed E-state index contributed by atoms with van der Waals surface area (Å²) in [6.07, 6.45) is 12.3. The molecule has 9 heteroatoms. The summed E-state index contributed by atoms with van der Waals surface area (Å²) in [5.74, 6) is 0.583. The first-order valence-electron chi connectivity index (χ1n) is 14.2. The summed E-state index contributed by atoms with van der Waals surface area (Å²) < 4.78 is 23.0. The van der Waals surface area contributed by atoms with E-state index < -0.39 is 6.10 Å². The number of esters is 2. The summed E-state index contributed by atoms with van der Waals surface area (Å²) in [6.45, 7) is 2.44. The molecule has 1 aromatic rings. The molecule has 1 aliphatic heterocycles. The molecule has 1 aliphatic rings. The van der Waals surface area contributed by atoms with Crippen LogP contribution in [0, 0.1) is 5.82 Å². The van der Waals surface area contributed by atoms with Gasteiger partial charge in [-0.05, 0) is 42.7 Å². The number of benzene rings is 1. The van der Waals surface area contributed by atoms with Gasteiger partial charge in [0.2, 0.25) is 12.7 Å². The van der Waals surface area contributed by atoms with Crippen molar-refractivity contribution < 1.29 is 33.4 Å². The largest absolute Gasteiger partial charge is 0.428 e. The summed E-state index contributed by atoms with van der Waals surface area (Å²) in [7, 11) is 0. The molecule has 39 heavy (non-hydrogen) atoms. The van der Waals surface area contributed by atoms with E-state index in [-0.39, 0.29) is 42.9 Å². The van der Waals surface area contributed by atoms with Crippen LogP contribution in [0.3, 0.4) is 0 Å². The first kappa shape index (κ1) is 32.8. The second-order valence-electron chi connectivity index (χ2n) is 9.86. The lowest BCUT2D eigenvalue weighted by atomic mass is 10.1. The zero-order valence-corrected chi connectivity index (χ0v) is 24.0. The second-order valence-corrected chi connectivity index (χ2v) is 11.1. The predicted molar refractivity (Wildman–Crippen MR) is 152 cm³/mol. The van der Waals surface area contributed by atoms with Crippen molar-refractivity contribution in [2.24, 2.45) is 0 Å². The van der Waals surface area contributed by atoms with Crippen LogP contribution in [0.25, 0.3) is 0 Å². The van der Waals surface area contributed by atoms with Crippen LogP contribution in [0.2, 0.25) is 0 Å². The normalized spacial score (nSPS) is 16.1. The van der Waals surface area contributed by atoms with Crippen molar-refractivity contribution in [3.63, 3.8) is 0 Å². The number of thioether (sulfide) groups is 1. The molecule has 1 amide bonds. The van der Waals surface area contributed by atoms with Gasteiger partial charge in [-0.25, -0.2) is 4.39 Å². The van der Waals surface area contributed by atoms with E-state index in [0.29, 0.717) is 32.2 Å². The monoisotopic (exact) mass is 565 g/mol. The summed E-state index contributed by atoms with van der Waals surface area (Å²) in [5.41, 5.74) is 0.845. The van der Waals surface area contributed by atoms with Gasteiger partial charge in [0.25, 0.3) is 0 Å². The molecule has 0 aromatic heterocycles. The topological polar surface area (TPSA) is 93.1 Å². The molecule has 1 heterocycles. The van der Waals surface area contributed by atoms with Crippen molar-refractivity contribution in [1.29, 1.82) is 0 Å². The number of ether oxygens (including phenoxy) is 2. The fourth-order valence-corrected chi connectivity index (χ4v) is 5.25. The van der Waals surface area contributed by atoms with Gasteiger partial charge in [0.1, 0.15) is 5.82 Å². The van der Waals surface area contributed by atoms with Crippen molar-refractivity contribution in [2.45, 2.75) is 96.1 Å². The smallest absolute Gasteiger partial charge is 0.308 e. The van der Waals surface area contributed by atoms with E-state index in [0.717, 1.165) is 42.8 Å². The van der Waals surface area contributed by atoms with E-state index in [1.165, 1.54) is 31.4 Å². The van der Waals surface area contributed by atoms with Gasteiger partial charge in [-0.1, -0.05) is 63.3 Å². The van der Waals surface area contributed by atoms with Crippen LogP contribution < -0.4 is 0 Å². The van der Waals surface area contributed by atoms with Gasteiger partial charge in [0.05, 0.1) is 12.1 Å². The van der Waals surface area contributed by atoms with Crippen molar-refractivity contribution in [2.75, 3.05) is 24.8 Å². The van der Waals surface area contributed by atoms with E-state index in [4.69, 9.17) is 9.47 Å². The zero-order chi connectivity index (χ0) is 28.3. The number of hydrogen-bond acceptors (Lipinski definition) is 7. The third-order valence-electron chi connectivity index (χ3n) is 6.61. The van der Waals surface area contributed by atoms with Crippen molar-refractivity contribution in [1.82, 2.24) is 4.90 Å². The van der Waals surface area contributed by atoms with E-state index in [2.05, 4.69) is 6.92 Å². The van der Waals surface area contributed by atoms with E-state index in [1.54, 1.807) is 30.0 Å². The molecule has 0 aliphatic carbocycles. The number of unbranched alkanes of at least 4 members (excludes halogenated alkanes) is 5. The molecule has 1 saturated heterocycles. The number of rotatable bonds is 20. The van der Waals surface area contributed by atoms with Crippen LogP contribution in [0.1, 0.15) is 83.1 Å². The Kier molecular flexibility index (Phi) is 16.5. The molecule has 218 valence electrons. The van der Waals surface area contributed by atoms with Crippen LogP contribution in [-0.4, -0.2) is 64.8 Å². The molecular formula is C30H44FNO6S. The average molecular weight is 566 g/mol. The standard InChI is InChI=1S/C30H44FNO6S/c1-2-3-4-5-6-7-9-29(35)37-23-38-30(36)10-8-20-39-21-19-32-26(16-18-28(32)34)15-17-27(33)22-24-11-13-25(31)14-12-24/h11-15,17,26-27,33H,2-10,16,18-23H2,1H3/t26-,27+/m0/s1. The minimum Gasteiger partial charge on any atom is -0.428 e. The number of likely N-dealkylation sites (tertiary alicyclic amines) is 1. The molecule has 0 saturated carbocycles. The maximum atomic E-state index is 13.0. The number of halogens is 1. The number of hydrogen-bond donors (Lipinski definition) is 1. The molecule has 7 nitrogen and oxygen atoms in total. The second kappa shape index (κ2) is 19.6. The number of aliphatic hydroxyl groups is 1. The molecule has 2 rings (SSSR count). The minimum absolute atomic E-state index is 0.0419. The molecule has 1 N–H and O–H groups in total. The van der Waals surface area contributed by atoms with Gasteiger partial charge >= 0.3 is 11.9 Å². The van der Waals surface area contributed by atoms with Gasteiger partial charge < -0.3 is 19.5 Å². The predicted octanol–water partition coefficient (Wildman–Crippen LogP) is 5.58. The van der Waals surface area contributed by atoms with Gasteiger partial charge in [0.15, 0.2) is 0 Å². The summed E-state index contributed by atoms with van der Waals surface area (Å²) in [4.78, 5) is 37.7. The third kappa shape index (κ3) is 14.5. The molecule has 1 fully saturated rings. The number of amides is 1. The van der Waals surface area contributed by atoms with Crippen LogP contribution in [0.15, 0.2) is 36.4 Å². The Morgan fingerprint density at radius 2 is 1.72 bits per heavy atom. The maximum absolute atomic E-state index is 13.0. The molecule has 0 bridgehead atoms. The Morgan fingerprint density at radius 1 is 1.05 bits per heavy atom. The average Bonchev–Trinajstić information content (AvgIpc) is 3.27. The summed E-state index contributed by atoms with van der Waals surface area (Å²) >= 11 is 1.67. The van der Waals surface area contributed by atoms with Crippen LogP contribution in [-0.2, 0) is 30.3 Å². The van der Waals surface area contributed by atoms with Crippen molar-refractivity contribution in [3.05, 3.63) is 47.8 Å².